The minimum Gasteiger partial charge on any atom is -0.293 e. The van der Waals surface area contributed by atoms with Crippen molar-refractivity contribution in [1.29, 1.82) is 5.26 Å². The van der Waals surface area contributed by atoms with Gasteiger partial charge in [-0.2, -0.15) is 15.5 Å². The smallest absolute Gasteiger partial charge is 0.148 e. The van der Waals surface area contributed by atoms with Crippen molar-refractivity contribution in [3.05, 3.63) is 36.0 Å². The molecular formula is C18H20ClN7. The van der Waals surface area contributed by atoms with Crippen molar-refractivity contribution in [2.45, 2.75) is 38.3 Å². The molecule has 0 amide bonds. The van der Waals surface area contributed by atoms with Gasteiger partial charge in [0.2, 0.25) is 0 Å². The highest BCUT2D eigenvalue weighted by molar-refractivity contribution is 6.29. The van der Waals surface area contributed by atoms with E-state index < -0.39 is 0 Å². The van der Waals surface area contributed by atoms with Gasteiger partial charge in [-0.3, -0.25) is 9.58 Å². The second-order valence-corrected chi connectivity index (χ2v) is 8.22. The molecule has 0 bridgehead atoms. The summed E-state index contributed by atoms with van der Waals surface area (Å²) in [5.74, 6) is 0. The molecular weight excluding hydrogens is 350 g/mol. The van der Waals surface area contributed by atoms with Crippen LogP contribution >= 0.6 is 11.6 Å². The number of hydrogen-bond acceptors (Lipinski definition) is 5. The van der Waals surface area contributed by atoms with Crippen LogP contribution in [0.2, 0.25) is 5.15 Å². The summed E-state index contributed by atoms with van der Waals surface area (Å²) in [7, 11) is 0. The van der Waals surface area contributed by atoms with Crippen molar-refractivity contribution in [3.63, 3.8) is 0 Å². The number of aromatic nitrogens is 5. The lowest BCUT2D eigenvalue weighted by atomic mass is 9.83. The summed E-state index contributed by atoms with van der Waals surface area (Å²) in [6, 6.07) is 4.22. The fraction of sp³-hybridized carbons (Fsp3) is 0.444. The molecule has 1 aliphatic heterocycles. The largest absolute Gasteiger partial charge is 0.293 e. The van der Waals surface area contributed by atoms with E-state index in [1.807, 2.05) is 16.9 Å². The van der Waals surface area contributed by atoms with Gasteiger partial charge in [-0.1, -0.05) is 11.6 Å². The topological polar surface area (TPSA) is 75.0 Å². The fourth-order valence-electron chi connectivity index (χ4n) is 3.44. The summed E-state index contributed by atoms with van der Waals surface area (Å²) < 4.78 is 3.63. The summed E-state index contributed by atoms with van der Waals surface area (Å²) in [5, 5.41) is 18.5. The molecule has 3 aromatic rings. The first-order chi connectivity index (χ1) is 12.3. The molecule has 0 N–H and O–H groups in total. The summed E-state index contributed by atoms with van der Waals surface area (Å²) in [4.78, 5) is 6.82. The van der Waals surface area contributed by atoms with Crippen molar-refractivity contribution >= 4 is 17.1 Å². The van der Waals surface area contributed by atoms with E-state index in [0.717, 1.165) is 29.9 Å². The molecule has 0 aliphatic carbocycles. The van der Waals surface area contributed by atoms with Gasteiger partial charge in [0.05, 0.1) is 36.6 Å². The highest BCUT2D eigenvalue weighted by Crippen LogP contribution is 2.37. The van der Waals surface area contributed by atoms with E-state index in [-0.39, 0.29) is 11.1 Å². The number of nitrogens with zero attached hydrogens (tertiary/aromatic N) is 7. The van der Waals surface area contributed by atoms with E-state index in [2.05, 4.69) is 46.9 Å². The molecule has 26 heavy (non-hydrogen) atoms. The van der Waals surface area contributed by atoms with Gasteiger partial charge < -0.3 is 0 Å². The van der Waals surface area contributed by atoms with Gasteiger partial charge in [0, 0.05) is 30.4 Å². The third-order valence-corrected chi connectivity index (χ3v) is 5.21. The van der Waals surface area contributed by atoms with E-state index in [4.69, 9.17) is 11.6 Å². The Bertz CT molecular complexity index is 999. The molecule has 1 aliphatic rings. The molecule has 0 spiro atoms. The molecule has 1 fully saturated rings. The van der Waals surface area contributed by atoms with Crippen LogP contribution in [0.15, 0.2) is 30.9 Å². The van der Waals surface area contributed by atoms with Crippen LogP contribution in [0.1, 0.15) is 27.2 Å². The summed E-state index contributed by atoms with van der Waals surface area (Å²) in [5.41, 5.74) is 2.25. The van der Waals surface area contributed by atoms with E-state index >= 15 is 0 Å². The quantitative estimate of drug-likeness (QED) is 0.709. The van der Waals surface area contributed by atoms with Crippen LogP contribution in [-0.2, 0) is 5.54 Å². The van der Waals surface area contributed by atoms with Crippen LogP contribution in [0.5, 0.6) is 0 Å². The lowest BCUT2D eigenvalue weighted by Crippen LogP contribution is -2.67. The Hall–Kier alpha value is -2.43. The predicted octanol–water partition coefficient (Wildman–Crippen LogP) is 2.97. The molecule has 4 rings (SSSR count). The second kappa shape index (κ2) is 5.79. The Kier molecular flexibility index (Phi) is 3.79. The van der Waals surface area contributed by atoms with E-state index in [0.29, 0.717) is 11.6 Å². The highest BCUT2D eigenvalue weighted by atomic mass is 35.5. The normalized spacial score (nSPS) is 17.2. The van der Waals surface area contributed by atoms with Crippen LogP contribution < -0.4 is 0 Å². The standard InChI is InChI=1S/C18H20ClN7/c1-17(2,3)24-11-18(12-24,5-6-20)26-9-13(8-22-26)16-14-4-7-21-25(14)10-15(19)23-16/h4,7-10H,5,11-12H2,1-3H3. The molecule has 0 unspecified atom stereocenters. The van der Waals surface area contributed by atoms with Crippen molar-refractivity contribution in [2.24, 2.45) is 0 Å². The zero-order valence-electron chi connectivity index (χ0n) is 15.0. The minimum absolute atomic E-state index is 0.0766. The van der Waals surface area contributed by atoms with Gasteiger partial charge in [-0.15, -0.1) is 0 Å². The number of nitriles is 1. The maximum Gasteiger partial charge on any atom is 0.148 e. The van der Waals surface area contributed by atoms with E-state index in [9.17, 15) is 5.26 Å². The molecule has 8 heteroatoms. The zero-order valence-corrected chi connectivity index (χ0v) is 15.8. The van der Waals surface area contributed by atoms with E-state index in [1.54, 1.807) is 23.1 Å². The molecule has 1 saturated heterocycles. The Morgan fingerprint density at radius 2 is 2.04 bits per heavy atom. The SMILES string of the molecule is CC(C)(C)N1CC(CC#N)(n2cc(-c3nc(Cl)cn4nccc34)cn2)C1. The van der Waals surface area contributed by atoms with Crippen LogP contribution in [0.3, 0.4) is 0 Å². The average Bonchev–Trinajstić information content (AvgIpc) is 3.17. The van der Waals surface area contributed by atoms with Gasteiger partial charge in [0.15, 0.2) is 0 Å². The van der Waals surface area contributed by atoms with Crippen LogP contribution in [0.4, 0.5) is 0 Å². The number of rotatable bonds is 3. The van der Waals surface area contributed by atoms with Crippen LogP contribution in [-0.4, -0.2) is 47.9 Å². The average molecular weight is 370 g/mol. The molecule has 4 heterocycles. The van der Waals surface area contributed by atoms with Gasteiger partial charge in [0.25, 0.3) is 0 Å². The van der Waals surface area contributed by atoms with Gasteiger partial charge in [-0.05, 0) is 26.8 Å². The number of fused-ring (bicyclic) bond motifs is 1. The van der Waals surface area contributed by atoms with Crippen molar-refractivity contribution in [1.82, 2.24) is 29.3 Å². The van der Waals surface area contributed by atoms with Crippen LogP contribution in [0.25, 0.3) is 16.8 Å². The van der Waals surface area contributed by atoms with Gasteiger partial charge >= 0.3 is 0 Å². The zero-order chi connectivity index (χ0) is 18.5. The molecule has 134 valence electrons. The molecule has 0 radical (unpaired) electrons. The molecule has 7 nitrogen and oxygen atoms in total. The van der Waals surface area contributed by atoms with Crippen molar-refractivity contribution < 1.29 is 0 Å². The summed E-state index contributed by atoms with van der Waals surface area (Å²) in [6.07, 6.45) is 7.56. The fourth-order valence-corrected chi connectivity index (χ4v) is 3.62. The first kappa shape index (κ1) is 17.0. The maximum atomic E-state index is 9.34. The summed E-state index contributed by atoms with van der Waals surface area (Å²) >= 11 is 6.14. The predicted molar refractivity (Wildman–Crippen MR) is 98.7 cm³/mol. The maximum absolute atomic E-state index is 9.34. The van der Waals surface area contributed by atoms with Crippen molar-refractivity contribution in [3.8, 4) is 17.3 Å². The van der Waals surface area contributed by atoms with Gasteiger partial charge in [-0.25, -0.2) is 9.50 Å². The Morgan fingerprint density at radius 1 is 1.27 bits per heavy atom. The summed E-state index contributed by atoms with van der Waals surface area (Å²) in [6.45, 7) is 8.16. The number of hydrogen-bond donors (Lipinski definition) is 0. The van der Waals surface area contributed by atoms with Crippen molar-refractivity contribution in [2.75, 3.05) is 13.1 Å². The number of halogens is 1. The minimum atomic E-state index is -0.296. The van der Waals surface area contributed by atoms with Crippen LogP contribution in [0, 0.1) is 11.3 Å². The Morgan fingerprint density at radius 3 is 2.73 bits per heavy atom. The lowest BCUT2D eigenvalue weighted by molar-refractivity contribution is -0.0530. The Balaban J connectivity index is 1.71. The third-order valence-electron chi connectivity index (χ3n) is 5.03. The van der Waals surface area contributed by atoms with E-state index in [1.165, 1.54) is 0 Å². The molecule has 0 atom stereocenters. The lowest BCUT2D eigenvalue weighted by Gasteiger charge is -2.54. The first-order valence-corrected chi connectivity index (χ1v) is 8.88. The molecule has 0 aromatic carbocycles. The first-order valence-electron chi connectivity index (χ1n) is 8.50. The van der Waals surface area contributed by atoms with Gasteiger partial charge in [0.1, 0.15) is 16.4 Å². The molecule has 3 aromatic heterocycles. The number of likely N-dealkylation sites (tertiary alicyclic amines) is 1. The second-order valence-electron chi connectivity index (χ2n) is 7.83. The highest BCUT2D eigenvalue weighted by Gasteiger charge is 2.48. The third kappa shape index (κ3) is 2.66. The monoisotopic (exact) mass is 369 g/mol. The molecule has 0 saturated carbocycles. The Labute approximate surface area is 156 Å².